The van der Waals surface area contributed by atoms with Gasteiger partial charge >= 0.3 is 0 Å². The summed E-state index contributed by atoms with van der Waals surface area (Å²) in [5, 5.41) is 9.10. The van der Waals surface area contributed by atoms with E-state index in [9.17, 15) is 4.79 Å². The number of carbonyl (C=O) groups is 1. The number of benzene rings is 1. The van der Waals surface area contributed by atoms with Gasteiger partial charge in [-0.05, 0) is 42.4 Å². The summed E-state index contributed by atoms with van der Waals surface area (Å²) in [6.45, 7) is 4.79. The third-order valence-corrected chi connectivity index (χ3v) is 4.16. The van der Waals surface area contributed by atoms with Crippen LogP contribution in [0, 0.1) is 0 Å². The molecule has 1 N–H and O–H groups in total. The predicted molar refractivity (Wildman–Crippen MR) is 86.0 cm³/mol. The van der Waals surface area contributed by atoms with E-state index in [1.54, 1.807) is 11.0 Å². The maximum absolute atomic E-state index is 12.2. The predicted octanol–water partition coefficient (Wildman–Crippen LogP) is 3.20. The van der Waals surface area contributed by atoms with Gasteiger partial charge in [0.1, 0.15) is 0 Å². The van der Waals surface area contributed by atoms with Crippen molar-refractivity contribution in [2.75, 3.05) is 13.2 Å². The van der Waals surface area contributed by atoms with Crippen LogP contribution < -0.4 is 0 Å². The molecular formula is C18H25NO2. The van der Waals surface area contributed by atoms with E-state index in [0.29, 0.717) is 18.5 Å². The van der Waals surface area contributed by atoms with Crippen molar-refractivity contribution < 1.29 is 9.90 Å². The van der Waals surface area contributed by atoms with Crippen molar-refractivity contribution in [1.82, 2.24) is 4.90 Å². The van der Waals surface area contributed by atoms with E-state index >= 15 is 0 Å². The third kappa shape index (κ3) is 4.18. The number of amides is 1. The van der Waals surface area contributed by atoms with Gasteiger partial charge in [-0.15, -0.1) is 0 Å². The average molecular weight is 287 g/mol. The van der Waals surface area contributed by atoms with Crippen LogP contribution in [0.4, 0.5) is 0 Å². The van der Waals surface area contributed by atoms with E-state index in [4.69, 9.17) is 5.11 Å². The Bertz CT molecular complexity index is 486. The summed E-state index contributed by atoms with van der Waals surface area (Å²) < 4.78 is 0. The molecule has 1 saturated carbocycles. The molecular weight excluding hydrogens is 262 g/mol. The summed E-state index contributed by atoms with van der Waals surface area (Å²) >= 11 is 0. The van der Waals surface area contributed by atoms with E-state index < -0.39 is 0 Å². The zero-order valence-corrected chi connectivity index (χ0v) is 13.0. The Morgan fingerprint density at radius 2 is 2.00 bits per heavy atom. The molecule has 0 spiro atoms. The quantitative estimate of drug-likeness (QED) is 0.816. The molecule has 0 heterocycles. The standard InChI is InChI=1S/C18H25NO2/c1-14(2)16-9-6-15(7-10-16)8-11-18(21)19(12-13-20)17-4-3-5-17/h6-11,14,17,20H,3-5,12-13H2,1-2H3/b11-8+. The highest BCUT2D eigenvalue weighted by atomic mass is 16.3. The van der Waals surface area contributed by atoms with E-state index in [-0.39, 0.29) is 12.5 Å². The summed E-state index contributed by atoms with van der Waals surface area (Å²) in [6.07, 6.45) is 6.78. The minimum Gasteiger partial charge on any atom is -0.395 e. The first-order valence-corrected chi connectivity index (χ1v) is 7.81. The Morgan fingerprint density at radius 1 is 1.33 bits per heavy atom. The fourth-order valence-electron chi connectivity index (χ4n) is 2.53. The van der Waals surface area contributed by atoms with Gasteiger partial charge in [0.2, 0.25) is 5.91 Å². The second kappa shape index (κ2) is 7.41. The molecule has 3 heteroatoms. The van der Waals surface area contributed by atoms with Gasteiger partial charge < -0.3 is 10.0 Å². The minimum atomic E-state index is 0.00156. The second-order valence-corrected chi connectivity index (χ2v) is 5.99. The monoisotopic (exact) mass is 287 g/mol. The molecule has 0 radical (unpaired) electrons. The first-order valence-electron chi connectivity index (χ1n) is 7.81. The number of aliphatic hydroxyl groups excluding tert-OH is 1. The van der Waals surface area contributed by atoms with Crippen LogP contribution in [-0.2, 0) is 4.79 Å². The second-order valence-electron chi connectivity index (χ2n) is 5.99. The van der Waals surface area contributed by atoms with Crippen molar-refractivity contribution in [3.05, 3.63) is 41.5 Å². The maximum Gasteiger partial charge on any atom is 0.246 e. The summed E-state index contributed by atoms with van der Waals surface area (Å²) in [7, 11) is 0. The zero-order valence-electron chi connectivity index (χ0n) is 13.0. The first kappa shape index (κ1) is 15.8. The molecule has 1 aromatic rings. The van der Waals surface area contributed by atoms with Gasteiger partial charge in [-0.25, -0.2) is 0 Å². The molecule has 0 aromatic heterocycles. The molecule has 1 aliphatic rings. The van der Waals surface area contributed by atoms with Crippen molar-refractivity contribution in [2.45, 2.75) is 45.1 Å². The summed E-state index contributed by atoms with van der Waals surface area (Å²) in [5.41, 5.74) is 2.33. The molecule has 3 nitrogen and oxygen atoms in total. The van der Waals surface area contributed by atoms with Gasteiger partial charge in [0, 0.05) is 18.7 Å². The Hall–Kier alpha value is -1.61. The Labute approximate surface area is 127 Å². The van der Waals surface area contributed by atoms with E-state index in [1.165, 1.54) is 12.0 Å². The largest absolute Gasteiger partial charge is 0.395 e. The van der Waals surface area contributed by atoms with E-state index in [2.05, 4.69) is 26.0 Å². The Morgan fingerprint density at radius 3 is 2.48 bits per heavy atom. The number of nitrogens with zero attached hydrogens (tertiary/aromatic N) is 1. The molecule has 0 saturated heterocycles. The lowest BCUT2D eigenvalue weighted by atomic mass is 9.91. The smallest absolute Gasteiger partial charge is 0.246 e. The fourth-order valence-corrected chi connectivity index (χ4v) is 2.53. The topological polar surface area (TPSA) is 40.5 Å². The highest BCUT2D eigenvalue weighted by Gasteiger charge is 2.26. The van der Waals surface area contributed by atoms with Crippen molar-refractivity contribution in [1.29, 1.82) is 0 Å². The lowest BCUT2D eigenvalue weighted by Crippen LogP contribution is -2.44. The molecule has 1 aromatic carbocycles. The van der Waals surface area contributed by atoms with Crippen LogP contribution in [0.2, 0.25) is 0 Å². The van der Waals surface area contributed by atoms with E-state index in [0.717, 1.165) is 18.4 Å². The molecule has 2 rings (SSSR count). The molecule has 0 atom stereocenters. The summed E-state index contributed by atoms with van der Waals surface area (Å²) in [4.78, 5) is 14.0. The van der Waals surface area contributed by atoms with Crippen molar-refractivity contribution in [2.24, 2.45) is 0 Å². The number of hydrogen-bond donors (Lipinski definition) is 1. The Balaban J connectivity index is 1.99. The molecule has 0 aliphatic heterocycles. The highest BCUT2D eigenvalue weighted by Crippen LogP contribution is 2.25. The molecule has 114 valence electrons. The molecule has 1 amide bonds. The lowest BCUT2D eigenvalue weighted by Gasteiger charge is -2.36. The SMILES string of the molecule is CC(C)c1ccc(/C=C/C(=O)N(CCO)C2CCC2)cc1. The van der Waals surface area contributed by atoms with Crippen molar-refractivity contribution in [3.8, 4) is 0 Å². The fraction of sp³-hybridized carbons (Fsp3) is 0.500. The Kier molecular flexibility index (Phi) is 5.57. The first-order chi connectivity index (χ1) is 10.1. The summed E-state index contributed by atoms with van der Waals surface area (Å²) in [5.74, 6) is 0.519. The van der Waals surface area contributed by atoms with Crippen LogP contribution >= 0.6 is 0 Å². The zero-order chi connectivity index (χ0) is 15.2. The number of rotatable bonds is 6. The van der Waals surface area contributed by atoms with Crippen molar-refractivity contribution in [3.63, 3.8) is 0 Å². The van der Waals surface area contributed by atoms with Crippen LogP contribution in [0.25, 0.3) is 6.08 Å². The van der Waals surface area contributed by atoms with Crippen LogP contribution in [0.15, 0.2) is 30.3 Å². The maximum atomic E-state index is 12.2. The highest BCUT2D eigenvalue weighted by molar-refractivity contribution is 5.92. The van der Waals surface area contributed by atoms with Crippen LogP contribution in [-0.4, -0.2) is 35.1 Å². The van der Waals surface area contributed by atoms with Crippen LogP contribution in [0.1, 0.15) is 50.2 Å². The van der Waals surface area contributed by atoms with E-state index in [1.807, 2.05) is 18.2 Å². The van der Waals surface area contributed by atoms with Crippen LogP contribution in [0.5, 0.6) is 0 Å². The number of hydrogen-bond acceptors (Lipinski definition) is 2. The molecule has 1 aliphatic carbocycles. The third-order valence-electron chi connectivity index (χ3n) is 4.16. The van der Waals surface area contributed by atoms with Gasteiger partial charge in [-0.1, -0.05) is 38.1 Å². The van der Waals surface area contributed by atoms with Gasteiger partial charge in [0.25, 0.3) is 0 Å². The van der Waals surface area contributed by atoms with Gasteiger partial charge in [0.05, 0.1) is 6.61 Å². The average Bonchev–Trinajstić information content (AvgIpc) is 2.43. The molecule has 1 fully saturated rings. The number of carbonyl (C=O) groups excluding carboxylic acids is 1. The van der Waals surface area contributed by atoms with Gasteiger partial charge in [0.15, 0.2) is 0 Å². The summed E-state index contributed by atoms with van der Waals surface area (Å²) in [6, 6.07) is 8.61. The minimum absolute atomic E-state index is 0.00156. The molecule has 21 heavy (non-hydrogen) atoms. The van der Waals surface area contributed by atoms with Crippen molar-refractivity contribution >= 4 is 12.0 Å². The molecule has 0 unspecified atom stereocenters. The molecule has 0 bridgehead atoms. The van der Waals surface area contributed by atoms with Gasteiger partial charge in [-0.2, -0.15) is 0 Å². The van der Waals surface area contributed by atoms with Crippen LogP contribution in [0.3, 0.4) is 0 Å². The lowest BCUT2D eigenvalue weighted by molar-refractivity contribution is -0.130. The normalized spacial score (nSPS) is 15.4. The van der Waals surface area contributed by atoms with Gasteiger partial charge in [-0.3, -0.25) is 4.79 Å². The number of aliphatic hydroxyl groups is 1.